The molecule has 1 heterocycles. The maximum absolute atomic E-state index is 12.4. The fourth-order valence-corrected chi connectivity index (χ4v) is 3.88. The monoisotopic (exact) mass is 379 g/mol. The van der Waals surface area contributed by atoms with Crippen molar-refractivity contribution in [2.45, 2.75) is 31.8 Å². The van der Waals surface area contributed by atoms with E-state index in [-0.39, 0.29) is 6.09 Å². The first-order valence-corrected chi connectivity index (χ1v) is 10.3. The van der Waals surface area contributed by atoms with Gasteiger partial charge in [-0.25, -0.2) is 4.79 Å². The van der Waals surface area contributed by atoms with Gasteiger partial charge < -0.3 is 20.3 Å². The molecule has 1 amide bonds. The van der Waals surface area contributed by atoms with Crippen LogP contribution in [-0.4, -0.2) is 43.7 Å². The second kappa shape index (κ2) is 8.65. The van der Waals surface area contributed by atoms with Crippen molar-refractivity contribution < 1.29 is 9.53 Å². The van der Waals surface area contributed by atoms with Crippen LogP contribution in [0.3, 0.4) is 0 Å². The lowest BCUT2D eigenvalue weighted by Crippen LogP contribution is -2.49. The third kappa shape index (κ3) is 4.47. The normalized spacial score (nSPS) is 16.9. The summed E-state index contributed by atoms with van der Waals surface area (Å²) in [6.07, 6.45) is 3.28. The summed E-state index contributed by atoms with van der Waals surface area (Å²) in [4.78, 5) is 16.6. The summed E-state index contributed by atoms with van der Waals surface area (Å²) in [6.45, 7) is 4.10. The van der Waals surface area contributed by atoms with Gasteiger partial charge in [-0.15, -0.1) is 0 Å². The van der Waals surface area contributed by atoms with Crippen LogP contribution in [-0.2, 0) is 17.8 Å². The maximum atomic E-state index is 12.4. The highest BCUT2D eigenvalue weighted by atomic mass is 16.6. The Hall–Kier alpha value is -2.53. The highest BCUT2D eigenvalue weighted by Gasteiger charge is 2.30. The van der Waals surface area contributed by atoms with Crippen molar-refractivity contribution in [3.8, 4) is 0 Å². The Morgan fingerprint density at radius 1 is 1.00 bits per heavy atom. The first kappa shape index (κ1) is 18.8. The third-order valence-electron chi connectivity index (χ3n) is 5.63. The lowest BCUT2D eigenvalue weighted by Gasteiger charge is -2.36. The number of anilines is 1. The zero-order chi connectivity index (χ0) is 19.3. The minimum absolute atomic E-state index is 0.218. The number of amides is 1. The van der Waals surface area contributed by atoms with Crippen molar-refractivity contribution in [1.29, 1.82) is 0 Å². The van der Waals surface area contributed by atoms with Crippen LogP contribution in [0.4, 0.5) is 10.5 Å². The van der Waals surface area contributed by atoms with E-state index in [1.807, 2.05) is 35.2 Å². The van der Waals surface area contributed by atoms with Crippen molar-refractivity contribution in [1.82, 2.24) is 4.90 Å². The molecule has 2 aliphatic rings. The van der Waals surface area contributed by atoms with Crippen molar-refractivity contribution in [2.75, 3.05) is 37.6 Å². The fourth-order valence-electron chi connectivity index (χ4n) is 3.88. The van der Waals surface area contributed by atoms with E-state index in [9.17, 15) is 4.79 Å². The van der Waals surface area contributed by atoms with Crippen LogP contribution in [0.25, 0.3) is 0 Å². The standard InChI is InChI=1S/C23H29N3O2/c24-11-10-18-6-9-22(21(16-18)20-7-8-20)25-12-14-26(15-13-25)23(27)28-17-19-4-2-1-3-5-19/h1-6,9,16,20H,7-8,10-15,17,24H2. The summed E-state index contributed by atoms with van der Waals surface area (Å²) in [5.74, 6) is 0.696. The molecule has 1 aliphatic heterocycles. The molecule has 2 N–H and O–H groups in total. The zero-order valence-electron chi connectivity index (χ0n) is 16.3. The molecule has 1 aliphatic carbocycles. The van der Waals surface area contributed by atoms with Crippen LogP contribution < -0.4 is 10.6 Å². The smallest absolute Gasteiger partial charge is 0.410 e. The van der Waals surface area contributed by atoms with E-state index in [4.69, 9.17) is 10.5 Å². The summed E-state index contributed by atoms with van der Waals surface area (Å²) >= 11 is 0. The molecule has 0 atom stereocenters. The quantitative estimate of drug-likeness (QED) is 0.834. The topological polar surface area (TPSA) is 58.8 Å². The van der Waals surface area contributed by atoms with Crippen molar-refractivity contribution in [3.63, 3.8) is 0 Å². The number of hydrogen-bond acceptors (Lipinski definition) is 4. The molecule has 5 nitrogen and oxygen atoms in total. The van der Waals surface area contributed by atoms with Gasteiger partial charge in [0, 0.05) is 31.9 Å². The van der Waals surface area contributed by atoms with E-state index in [0.717, 1.165) is 25.1 Å². The van der Waals surface area contributed by atoms with Gasteiger partial charge >= 0.3 is 6.09 Å². The Morgan fingerprint density at radius 2 is 1.75 bits per heavy atom. The predicted molar refractivity (Wildman–Crippen MR) is 112 cm³/mol. The second-order valence-corrected chi connectivity index (χ2v) is 7.72. The lowest BCUT2D eigenvalue weighted by molar-refractivity contribution is 0.0942. The average Bonchev–Trinajstić information content (AvgIpc) is 3.58. The number of nitrogens with zero attached hydrogens (tertiary/aromatic N) is 2. The molecule has 5 heteroatoms. The summed E-state index contributed by atoms with van der Waals surface area (Å²) in [7, 11) is 0. The maximum Gasteiger partial charge on any atom is 0.410 e. The van der Waals surface area contributed by atoms with Gasteiger partial charge in [0.05, 0.1) is 0 Å². The van der Waals surface area contributed by atoms with Gasteiger partial charge in [0.2, 0.25) is 0 Å². The number of carbonyl (C=O) groups is 1. The zero-order valence-corrected chi connectivity index (χ0v) is 16.3. The van der Waals surface area contributed by atoms with E-state index >= 15 is 0 Å². The molecule has 2 aromatic rings. The molecular weight excluding hydrogens is 350 g/mol. The summed E-state index contributed by atoms with van der Waals surface area (Å²) in [5.41, 5.74) is 10.9. The number of piperazine rings is 1. The van der Waals surface area contributed by atoms with E-state index in [1.54, 1.807) is 0 Å². The number of rotatable bonds is 6. The number of nitrogens with two attached hydrogens (primary N) is 1. The minimum atomic E-state index is -0.218. The third-order valence-corrected chi connectivity index (χ3v) is 5.63. The first-order chi connectivity index (χ1) is 13.7. The lowest BCUT2D eigenvalue weighted by atomic mass is 10.0. The van der Waals surface area contributed by atoms with E-state index in [0.29, 0.717) is 32.2 Å². The van der Waals surface area contributed by atoms with E-state index < -0.39 is 0 Å². The fraction of sp³-hybridized carbons (Fsp3) is 0.435. The molecule has 0 bridgehead atoms. The molecule has 0 spiro atoms. The molecular formula is C23H29N3O2. The highest BCUT2D eigenvalue weighted by Crippen LogP contribution is 2.45. The number of carbonyl (C=O) groups excluding carboxylic acids is 1. The van der Waals surface area contributed by atoms with Crippen LogP contribution in [0.5, 0.6) is 0 Å². The second-order valence-electron chi connectivity index (χ2n) is 7.72. The molecule has 148 valence electrons. The van der Waals surface area contributed by atoms with Gasteiger partial charge in [-0.3, -0.25) is 0 Å². The van der Waals surface area contributed by atoms with Gasteiger partial charge in [0.15, 0.2) is 0 Å². The molecule has 2 fully saturated rings. The van der Waals surface area contributed by atoms with Gasteiger partial charge in [-0.1, -0.05) is 42.5 Å². The van der Waals surface area contributed by atoms with Gasteiger partial charge in [0.25, 0.3) is 0 Å². The molecule has 2 aromatic carbocycles. The van der Waals surface area contributed by atoms with Crippen LogP contribution in [0.2, 0.25) is 0 Å². The van der Waals surface area contributed by atoms with Gasteiger partial charge in [-0.05, 0) is 54.5 Å². The van der Waals surface area contributed by atoms with Crippen LogP contribution in [0.15, 0.2) is 48.5 Å². The Labute approximate surface area is 167 Å². The molecule has 28 heavy (non-hydrogen) atoms. The van der Waals surface area contributed by atoms with Crippen molar-refractivity contribution in [3.05, 3.63) is 65.2 Å². The van der Waals surface area contributed by atoms with Crippen LogP contribution >= 0.6 is 0 Å². The highest BCUT2D eigenvalue weighted by molar-refractivity contribution is 5.68. The van der Waals surface area contributed by atoms with Crippen molar-refractivity contribution in [2.24, 2.45) is 5.73 Å². The minimum Gasteiger partial charge on any atom is -0.445 e. The summed E-state index contributed by atoms with van der Waals surface area (Å²) in [6, 6.07) is 16.6. The molecule has 4 rings (SSSR count). The first-order valence-electron chi connectivity index (χ1n) is 10.3. The number of benzene rings is 2. The van der Waals surface area contributed by atoms with E-state index in [1.165, 1.54) is 29.7 Å². The molecule has 1 saturated carbocycles. The molecule has 1 saturated heterocycles. The predicted octanol–water partition coefficient (Wildman–Crippen LogP) is 3.52. The number of ether oxygens (including phenoxy) is 1. The average molecular weight is 380 g/mol. The number of hydrogen-bond donors (Lipinski definition) is 1. The largest absolute Gasteiger partial charge is 0.445 e. The van der Waals surface area contributed by atoms with Crippen LogP contribution in [0.1, 0.15) is 35.4 Å². The Kier molecular flexibility index (Phi) is 5.81. The van der Waals surface area contributed by atoms with E-state index in [2.05, 4.69) is 23.1 Å². The molecule has 0 unspecified atom stereocenters. The van der Waals surface area contributed by atoms with Gasteiger partial charge in [-0.2, -0.15) is 0 Å². The summed E-state index contributed by atoms with van der Waals surface area (Å²) in [5, 5.41) is 0. The van der Waals surface area contributed by atoms with Crippen LogP contribution in [0, 0.1) is 0 Å². The SMILES string of the molecule is NCCc1ccc(N2CCN(C(=O)OCc3ccccc3)CC2)c(C2CC2)c1. The molecule has 0 aromatic heterocycles. The Balaban J connectivity index is 1.34. The van der Waals surface area contributed by atoms with Crippen molar-refractivity contribution >= 4 is 11.8 Å². The van der Waals surface area contributed by atoms with Gasteiger partial charge in [0.1, 0.15) is 6.61 Å². The Bertz CT molecular complexity index is 797. The Morgan fingerprint density at radius 3 is 2.43 bits per heavy atom. The summed E-state index contributed by atoms with van der Waals surface area (Å²) < 4.78 is 5.48. The molecule has 0 radical (unpaired) electrons.